The fraction of sp³-hybridized carbons (Fsp3) is 0.500. The van der Waals surface area contributed by atoms with Gasteiger partial charge in [0.15, 0.2) is 22.7 Å². The minimum absolute atomic E-state index is 0.0910. The van der Waals surface area contributed by atoms with Gasteiger partial charge in [0.2, 0.25) is 21.8 Å². The summed E-state index contributed by atoms with van der Waals surface area (Å²) in [6.07, 6.45) is 6.98. The fourth-order valence-corrected chi connectivity index (χ4v) is 10.0. The topological polar surface area (TPSA) is 205 Å². The molecule has 3 saturated carbocycles. The van der Waals surface area contributed by atoms with E-state index < -0.39 is 74.5 Å². The molecule has 18 heteroatoms. The molecule has 4 fully saturated rings. The van der Waals surface area contributed by atoms with Crippen LogP contribution in [0.5, 0.6) is 11.5 Å². The number of benzene rings is 2. The van der Waals surface area contributed by atoms with Gasteiger partial charge in [0.1, 0.15) is 41.2 Å². The molecule has 3 aliphatic carbocycles. The van der Waals surface area contributed by atoms with E-state index in [1.165, 1.54) is 30.2 Å². The van der Waals surface area contributed by atoms with Crippen LogP contribution in [0.15, 0.2) is 53.0 Å². The number of hydrogen-bond donors (Lipinski definition) is 3. The summed E-state index contributed by atoms with van der Waals surface area (Å²) in [7, 11) is -2.45. The second-order valence-electron chi connectivity index (χ2n) is 16.3. The van der Waals surface area contributed by atoms with Gasteiger partial charge in [0.25, 0.3) is 5.91 Å². The summed E-state index contributed by atoms with van der Waals surface area (Å²) >= 11 is 0. The number of amides is 4. The zero-order valence-electron chi connectivity index (χ0n) is 32.9. The van der Waals surface area contributed by atoms with Crippen LogP contribution in [0.1, 0.15) is 64.2 Å². The summed E-state index contributed by atoms with van der Waals surface area (Å²) in [5.74, 6) is -2.62. The third-order valence-corrected chi connectivity index (χ3v) is 13.9. The largest absolute Gasteiger partial charge is 0.493 e. The summed E-state index contributed by atoms with van der Waals surface area (Å²) in [6.45, 7) is -0.139. The number of pyridine rings is 1. The van der Waals surface area contributed by atoms with E-state index in [2.05, 4.69) is 15.4 Å². The molecule has 0 radical (unpaired) electrons. The van der Waals surface area contributed by atoms with Crippen LogP contribution in [0, 0.1) is 11.7 Å². The monoisotopic (exact) mass is 847 g/mol. The number of carbonyl (C=O) groups excluding carboxylic acids is 4. The zero-order chi connectivity index (χ0) is 41.8. The second-order valence-corrected chi connectivity index (χ2v) is 18.3. The van der Waals surface area contributed by atoms with E-state index >= 15 is 0 Å². The minimum Gasteiger partial charge on any atom is -0.493 e. The molecular formula is C42H46FN5O11S. The number of carbonyl (C=O) groups is 4. The van der Waals surface area contributed by atoms with Crippen LogP contribution in [-0.4, -0.2) is 104 Å². The Balaban J connectivity index is 1.07. The number of para-hydroxylation sites is 1. The first-order valence-electron chi connectivity index (χ1n) is 20.5. The maximum atomic E-state index is 14.7. The summed E-state index contributed by atoms with van der Waals surface area (Å²) in [5.41, 5.74) is -0.323. The highest BCUT2D eigenvalue weighted by atomic mass is 32.2. The molecule has 5 atom stereocenters. The van der Waals surface area contributed by atoms with Crippen LogP contribution in [0.4, 0.5) is 9.18 Å². The van der Waals surface area contributed by atoms with Crippen molar-refractivity contribution in [2.75, 3.05) is 26.9 Å². The molecule has 60 heavy (non-hydrogen) atoms. The van der Waals surface area contributed by atoms with Gasteiger partial charge < -0.3 is 38.9 Å². The zero-order valence-corrected chi connectivity index (χ0v) is 33.8. The first kappa shape index (κ1) is 39.9. The molecule has 1 saturated heterocycles. The predicted octanol–water partition coefficient (Wildman–Crippen LogP) is 4.52. The van der Waals surface area contributed by atoms with Crippen molar-refractivity contribution in [2.24, 2.45) is 5.92 Å². The third-order valence-electron chi connectivity index (χ3n) is 12.1. The van der Waals surface area contributed by atoms with Crippen LogP contribution < -0.4 is 24.8 Å². The number of allylic oxidation sites excluding steroid dienone is 1. The summed E-state index contributed by atoms with van der Waals surface area (Å²) in [4.78, 5) is 62.3. The Morgan fingerprint density at radius 2 is 1.85 bits per heavy atom. The van der Waals surface area contributed by atoms with Crippen LogP contribution in [0.3, 0.4) is 0 Å². The average molecular weight is 848 g/mol. The third kappa shape index (κ3) is 7.70. The number of aromatic nitrogens is 1. The average Bonchev–Trinajstić information content (AvgIpc) is 4.03. The molecule has 0 unspecified atom stereocenters. The van der Waals surface area contributed by atoms with E-state index in [1.807, 2.05) is 6.08 Å². The molecule has 9 rings (SSSR count). The van der Waals surface area contributed by atoms with Gasteiger partial charge in [-0.05, 0) is 82.1 Å². The molecule has 0 spiro atoms. The van der Waals surface area contributed by atoms with Crippen molar-refractivity contribution in [3.63, 3.8) is 0 Å². The number of sulfonamides is 1. The normalized spacial score (nSPS) is 26.5. The fourth-order valence-electron chi connectivity index (χ4n) is 8.64. The van der Waals surface area contributed by atoms with Crippen molar-refractivity contribution >= 4 is 66.8 Å². The Bertz CT molecular complexity index is 2520. The van der Waals surface area contributed by atoms with E-state index in [4.69, 9.17) is 28.3 Å². The Morgan fingerprint density at radius 1 is 1.03 bits per heavy atom. The van der Waals surface area contributed by atoms with Gasteiger partial charge in [0, 0.05) is 30.4 Å². The van der Waals surface area contributed by atoms with E-state index in [0.717, 1.165) is 12.8 Å². The van der Waals surface area contributed by atoms with Crippen LogP contribution in [0.2, 0.25) is 0 Å². The van der Waals surface area contributed by atoms with Gasteiger partial charge in [-0.2, -0.15) is 0 Å². The standard InChI is InChI=1S/C42H46FN5O11S/c1-55-33-12-7-11-29-34-37(59-35(29)33)36(28-16-13-24(43)18-30(28)44-34)57-26-19-32-38(49)46-42(40(51)47-60(53,54)27-14-15-27)20-23(42)8-3-2-6-17-56-22-31(39(50)48(32)21-26)45-41(52)58-25-9-4-5-10-25/h3,7-8,11-13,16,18,23,25-27,31-32H,2,4-6,9-10,14-15,17,19-22H2,1H3,(H,45,52)(H,46,49)(H,47,51)/t23-,26-,31+,32+,42-/m1/s1. The Kier molecular flexibility index (Phi) is 10.5. The van der Waals surface area contributed by atoms with Crippen molar-refractivity contribution in [1.82, 2.24) is 25.2 Å². The number of furan rings is 1. The molecule has 4 amide bonds. The van der Waals surface area contributed by atoms with Gasteiger partial charge in [-0.15, -0.1) is 0 Å². The second kappa shape index (κ2) is 15.8. The van der Waals surface area contributed by atoms with Gasteiger partial charge in [-0.3, -0.25) is 19.1 Å². The number of halogens is 1. The first-order valence-corrected chi connectivity index (χ1v) is 22.0. The maximum Gasteiger partial charge on any atom is 0.408 e. The van der Waals surface area contributed by atoms with Gasteiger partial charge >= 0.3 is 6.09 Å². The van der Waals surface area contributed by atoms with E-state index in [-0.39, 0.29) is 55.6 Å². The molecule has 4 heterocycles. The maximum absolute atomic E-state index is 14.7. The van der Waals surface area contributed by atoms with E-state index in [0.29, 0.717) is 66.1 Å². The van der Waals surface area contributed by atoms with Crippen LogP contribution >= 0.6 is 0 Å². The molecule has 2 aromatic carbocycles. The van der Waals surface area contributed by atoms with Crippen molar-refractivity contribution in [2.45, 2.75) is 99.3 Å². The molecule has 318 valence electrons. The van der Waals surface area contributed by atoms with Crippen molar-refractivity contribution < 1.29 is 55.4 Å². The Labute approximate surface area is 344 Å². The molecular weight excluding hydrogens is 802 g/mol. The number of methoxy groups -OCH3 is 1. The smallest absolute Gasteiger partial charge is 0.408 e. The lowest BCUT2D eigenvalue weighted by molar-refractivity contribution is -0.142. The lowest BCUT2D eigenvalue weighted by atomic mass is 10.1. The number of alkyl carbamates (subject to hydrolysis) is 1. The predicted molar refractivity (Wildman–Crippen MR) is 214 cm³/mol. The highest BCUT2D eigenvalue weighted by Gasteiger charge is 2.62. The van der Waals surface area contributed by atoms with Gasteiger partial charge in [0.05, 0.1) is 36.4 Å². The highest BCUT2D eigenvalue weighted by molar-refractivity contribution is 7.91. The molecule has 2 aromatic heterocycles. The lowest BCUT2D eigenvalue weighted by Crippen LogP contribution is -2.59. The molecule has 0 bridgehead atoms. The van der Waals surface area contributed by atoms with Crippen molar-refractivity contribution in [1.29, 1.82) is 0 Å². The molecule has 2 aliphatic heterocycles. The number of ether oxygens (including phenoxy) is 4. The number of nitrogens with zero attached hydrogens (tertiary/aromatic N) is 2. The van der Waals surface area contributed by atoms with E-state index in [9.17, 15) is 32.0 Å². The minimum atomic E-state index is -3.95. The number of fused-ring (bicyclic) bond motifs is 6. The lowest BCUT2D eigenvalue weighted by Gasteiger charge is -2.29. The SMILES string of the molecule is COc1cccc2c1oc1c(O[C@@H]3C[C@H]4C(=O)N[C@]5(C(=O)NS(=O)(=O)C6CC6)C[C@H]5C=CCCCOC[C@H](NC(=O)OC5CCCC5)C(=O)N4C3)c3ccc(F)cc3nc12. The van der Waals surface area contributed by atoms with Crippen molar-refractivity contribution in [3.05, 3.63) is 54.4 Å². The Hall–Kier alpha value is -5.49. The number of rotatable bonds is 8. The summed E-state index contributed by atoms with van der Waals surface area (Å²) < 4.78 is 72.9. The molecule has 5 aliphatic rings. The summed E-state index contributed by atoms with van der Waals surface area (Å²) in [6, 6.07) is 6.81. The van der Waals surface area contributed by atoms with E-state index in [1.54, 1.807) is 24.3 Å². The molecule has 4 aromatic rings. The first-order chi connectivity index (χ1) is 28.9. The van der Waals surface area contributed by atoms with Gasteiger partial charge in [-0.25, -0.2) is 22.6 Å². The highest BCUT2D eigenvalue weighted by Crippen LogP contribution is 2.47. The number of hydrogen-bond acceptors (Lipinski definition) is 12. The molecule has 3 N–H and O–H groups in total. The Morgan fingerprint density at radius 3 is 2.63 bits per heavy atom. The van der Waals surface area contributed by atoms with Gasteiger partial charge in [-0.1, -0.05) is 18.2 Å². The van der Waals surface area contributed by atoms with Crippen LogP contribution in [-0.2, 0) is 33.9 Å². The number of nitrogens with one attached hydrogen (secondary N) is 3. The van der Waals surface area contributed by atoms with Crippen molar-refractivity contribution in [3.8, 4) is 11.5 Å². The molecule has 16 nitrogen and oxygen atoms in total. The summed E-state index contributed by atoms with van der Waals surface area (Å²) in [5, 5.41) is 5.86. The quantitative estimate of drug-likeness (QED) is 0.210. The van der Waals surface area contributed by atoms with Crippen LogP contribution in [0.25, 0.3) is 33.0 Å².